The highest BCUT2D eigenvalue weighted by atomic mass is 16.6. The van der Waals surface area contributed by atoms with Crippen molar-refractivity contribution in [3.8, 4) is 5.75 Å². The van der Waals surface area contributed by atoms with Crippen molar-refractivity contribution >= 4 is 17.1 Å². The molecule has 3 N–H and O–H groups in total. The fourth-order valence-corrected chi connectivity index (χ4v) is 1.99. The molecule has 6 nitrogen and oxygen atoms in total. The molecule has 6 heteroatoms. The zero-order valence-electron chi connectivity index (χ0n) is 11.7. The van der Waals surface area contributed by atoms with Crippen LogP contribution in [0.1, 0.15) is 5.56 Å². The quantitative estimate of drug-likeness (QED) is 0.484. The van der Waals surface area contributed by atoms with Gasteiger partial charge in [-0.2, -0.15) is 0 Å². The van der Waals surface area contributed by atoms with Gasteiger partial charge < -0.3 is 15.8 Å². The van der Waals surface area contributed by atoms with E-state index in [0.717, 1.165) is 17.7 Å². The molecule has 0 amide bonds. The predicted octanol–water partition coefficient (Wildman–Crippen LogP) is 2.84. The molecule has 0 saturated heterocycles. The van der Waals surface area contributed by atoms with Crippen molar-refractivity contribution in [2.75, 3.05) is 24.7 Å². The molecule has 0 aliphatic rings. The van der Waals surface area contributed by atoms with Crippen LogP contribution in [-0.2, 0) is 6.42 Å². The molecule has 0 aliphatic carbocycles. The summed E-state index contributed by atoms with van der Waals surface area (Å²) in [5, 5.41) is 13.9. The minimum absolute atomic E-state index is 0.0121. The second-order valence-corrected chi connectivity index (χ2v) is 4.60. The molecular weight excluding hydrogens is 270 g/mol. The summed E-state index contributed by atoms with van der Waals surface area (Å²) in [5.74, 6) is 0.818. The van der Waals surface area contributed by atoms with Gasteiger partial charge in [-0.1, -0.05) is 12.1 Å². The number of rotatable bonds is 6. The molecule has 0 heterocycles. The van der Waals surface area contributed by atoms with Crippen LogP contribution in [0.3, 0.4) is 0 Å². The van der Waals surface area contributed by atoms with Gasteiger partial charge in [0.05, 0.1) is 12.0 Å². The molecule has 0 spiro atoms. The van der Waals surface area contributed by atoms with Crippen LogP contribution in [0.15, 0.2) is 42.5 Å². The third-order valence-electron chi connectivity index (χ3n) is 3.05. The number of non-ortho nitro benzene ring substituents is 1. The molecule has 0 radical (unpaired) electrons. The van der Waals surface area contributed by atoms with E-state index in [1.165, 1.54) is 12.1 Å². The number of nitrogens with zero attached hydrogens (tertiary/aromatic N) is 1. The van der Waals surface area contributed by atoms with Crippen molar-refractivity contribution in [3.05, 3.63) is 58.1 Å². The van der Waals surface area contributed by atoms with Crippen molar-refractivity contribution in [1.29, 1.82) is 0 Å². The van der Waals surface area contributed by atoms with E-state index in [1.54, 1.807) is 13.2 Å². The number of nitrogens with one attached hydrogen (secondary N) is 1. The van der Waals surface area contributed by atoms with Crippen LogP contribution < -0.4 is 15.8 Å². The summed E-state index contributed by atoms with van der Waals surface area (Å²) in [4.78, 5) is 10.3. The first-order chi connectivity index (χ1) is 10.1. The Kier molecular flexibility index (Phi) is 4.61. The largest absolute Gasteiger partial charge is 0.497 e. The number of nitro benzene ring substituents is 1. The summed E-state index contributed by atoms with van der Waals surface area (Å²) in [6.45, 7) is 0.660. The first-order valence-electron chi connectivity index (χ1n) is 6.50. The van der Waals surface area contributed by atoms with E-state index in [2.05, 4.69) is 5.32 Å². The number of nitro groups is 1. The lowest BCUT2D eigenvalue weighted by Crippen LogP contribution is -2.05. The van der Waals surface area contributed by atoms with Gasteiger partial charge >= 0.3 is 0 Å². The molecule has 2 aromatic carbocycles. The Morgan fingerprint density at radius 1 is 1.24 bits per heavy atom. The maximum atomic E-state index is 10.8. The van der Waals surface area contributed by atoms with Crippen molar-refractivity contribution in [3.63, 3.8) is 0 Å². The molecule has 0 unspecified atom stereocenters. The smallest absolute Gasteiger partial charge is 0.273 e. The molecule has 0 aromatic heterocycles. The highest BCUT2D eigenvalue weighted by molar-refractivity contribution is 5.61. The molecule has 110 valence electrons. The van der Waals surface area contributed by atoms with Gasteiger partial charge in [0.15, 0.2) is 0 Å². The Bertz CT molecular complexity index is 627. The number of anilines is 2. The first kappa shape index (κ1) is 14.6. The Morgan fingerprint density at radius 2 is 1.95 bits per heavy atom. The highest BCUT2D eigenvalue weighted by Crippen LogP contribution is 2.22. The van der Waals surface area contributed by atoms with E-state index >= 15 is 0 Å². The van der Waals surface area contributed by atoms with Gasteiger partial charge in [0.2, 0.25) is 0 Å². The van der Waals surface area contributed by atoms with E-state index in [-0.39, 0.29) is 5.69 Å². The van der Waals surface area contributed by atoms with E-state index in [4.69, 9.17) is 10.5 Å². The zero-order valence-corrected chi connectivity index (χ0v) is 11.7. The van der Waals surface area contributed by atoms with Gasteiger partial charge in [-0.25, -0.2) is 0 Å². The van der Waals surface area contributed by atoms with Crippen LogP contribution in [0.4, 0.5) is 17.1 Å². The lowest BCUT2D eigenvalue weighted by Gasteiger charge is -2.08. The first-order valence-corrected chi connectivity index (χ1v) is 6.50. The van der Waals surface area contributed by atoms with Gasteiger partial charge in [0.25, 0.3) is 5.69 Å². The van der Waals surface area contributed by atoms with Crippen LogP contribution in [0, 0.1) is 10.1 Å². The van der Waals surface area contributed by atoms with Crippen LogP contribution in [0.2, 0.25) is 0 Å². The Labute approximate surface area is 122 Å². The minimum atomic E-state index is -0.453. The van der Waals surface area contributed by atoms with Gasteiger partial charge in [0, 0.05) is 30.1 Å². The number of benzene rings is 2. The Balaban J connectivity index is 1.95. The molecule has 0 bridgehead atoms. The maximum absolute atomic E-state index is 10.8. The van der Waals surface area contributed by atoms with Gasteiger partial charge in [-0.3, -0.25) is 10.1 Å². The van der Waals surface area contributed by atoms with Crippen LogP contribution >= 0.6 is 0 Å². The summed E-state index contributed by atoms with van der Waals surface area (Å²) in [6.07, 6.45) is 0.798. The number of hydrogen-bond acceptors (Lipinski definition) is 5. The second-order valence-electron chi connectivity index (χ2n) is 4.60. The highest BCUT2D eigenvalue weighted by Gasteiger charge is 2.08. The van der Waals surface area contributed by atoms with E-state index in [1.807, 2.05) is 24.3 Å². The number of nitrogens with two attached hydrogens (primary N) is 1. The fraction of sp³-hybridized carbons (Fsp3) is 0.200. The molecule has 0 saturated carbocycles. The monoisotopic (exact) mass is 287 g/mol. The summed E-state index contributed by atoms with van der Waals surface area (Å²) in [6, 6.07) is 12.3. The zero-order chi connectivity index (χ0) is 15.2. The molecule has 0 atom stereocenters. The molecule has 2 aromatic rings. The number of hydrogen-bond donors (Lipinski definition) is 2. The third-order valence-corrected chi connectivity index (χ3v) is 3.05. The SMILES string of the molecule is COc1ccc(CCNc2cc(N)cc([N+](=O)[O-])c2)cc1. The van der Waals surface area contributed by atoms with E-state index in [0.29, 0.717) is 17.9 Å². The fourth-order valence-electron chi connectivity index (χ4n) is 1.99. The molecular formula is C15H17N3O3. The molecule has 2 rings (SSSR count). The van der Waals surface area contributed by atoms with Crippen LogP contribution in [0.25, 0.3) is 0 Å². The average Bonchev–Trinajstić information content (AvgIpc) is 2.47. The Hall–Kier alpha value is -2.76. The third kappa shape index (κ3) is 4.10. The minimum Gasteiger partial charge on any atom is -0.497 e. The van der Waals surface area contributed by atoms with E-state index in [9.17, 15) is 10.1 Å². The summed E-state index contributed by atoms with van der Waals surface area (Å²) >= 11 is 0. The Morgan fingerprint density at radius 3 is 2.57 bits per heavy atom. The van der Waals surface area contributed by atoms with Gasteiger partial charge in [-0.15, -0.1) is 0 Å². The molecule has 21 heavy (non-hydrogen) atoms. The maximum Gasteiger partial charge on any atom is 0.273 e. The predicted molar refractivity (Wildman–Crippen MR) is 82.7 cm³/mol. The normalized spacial score (nSPS) is 10.1. The van der Waals surface area contributed by atoms with Crippen molar-refractivity contribution in [2.24, 2.45) is 0 Å². The number of methoxy groups -OCH3 is 1. The van der Waals surface area contributed by atoms with Crippen LogP contribution in [0.5, 0.6) is 5.75 Å². The second kappa shape index (κ2) is 6.60. The van der Waals surface area contributed by atoms with Crippen molar-refractivity contribution in [2.45, 2.75) is 6.42 Å². The molecule has 0 fully saturated rings. The summed E-state index contributed by atoms with van der Waals surface area (Å²) in [7, 11) is 1.63. The summed E-state index contributed by atoms with van der Waals surface area (Å²) < 4.78 is 5.10. The lowest BCUT2D eigenvalue weighted by molar-refractivity contribution is -0.384. The van der Waals surface area contributed by atoms with Gasteiger partial charge in [0.1, 0.15) is 5.75 Å². The lowest BCUT2D eigenvalue weighted by atomic mass is 10.1. The van der Waals surface area contributed by atoms with Crippen molar-refractivity contribution in [1.82, 2.24) is 0 Å². The molecule has 0 aliphatic heterocycles. The topological polar surface area (TPSA) is 90.4 Å². The van der Waals surface area contributed by atoms with Crippen molar-refractivity contribution < 1.29 is 9.66 Å². The van der Waals surface area contributed by atoms with Gasteiger partial charge in [-0.05, 0) is 30.2 Å². The summed E-state index contributed by atoms with van der Waals surface area (Å²) in [5.41, 5.74) is 7.82. The number of nitrogen functional groups attached to an aromatic ring is 1. The van der Waals surface area contributed by atoms with E-state index < -0.39 is 4.92 Å². The standard InChI is InChI=1S/C15H17N3O3/c1-21-15-4-2-11(3-5-15)6-7-17-13-8-12(16)9-14(10-13)18(19)20/h2-5,8-10,17H,6-7,16H2,1H3. The number of ether oxygens (including phenoxy) is 1. The average molecular weight is 287 g/mol. The van der Waals surface area contributed by atoms with Crippen LogP contribution in [-0.4, -0.2) is 18.6 Å².